The molecule has 1 aromatic carbocycles. The monoisotopic (exact) mass is 306 g/mol. The predicted molar refractivity (Wildman–Crippen MR) is 83.7 cm³/mol. The maximum atomic E-state index is 10.7. The smallest absolute Gasteiger partial charge is 0.269 e. The van der Waals surface area contributed by atoms with Crippen molar-refractivity contribution in [3.05, 3.63) is 56.8 Å². The van der Waals surface area contributed by atoms with Gasteiger partial charge in [0.15, 0.2) is 5.72 Å². The van der Waals surface area contributed by atoms with Crippen LogP contribution in [0.4, 0.5) is 5.69 Å². The summed E-state index contributed by atoms with van der Waals surface area (Å²) in [5.41, 5.74) is -0.505. The highest BCUT2D eigenvalue weighted by molar-refractivity contribution is 7.10. The van der Waals surface area contributed by atoms with Gasteiger partial charge in [-0.15, -0.1) is 11.3 Å². The molecular formula is C15H18N2O3S. The Morgan fingerprint density at radius 1 is 1.29 bits per heavy atom. The largest absolute Gasteiger partial charge is 0.468 e. The zero-order valence-electron chi connectivity index (χ0n) is 12.3. The molecule has 0 bridgehead atoms. The lowest BCUT2D eigenvalue weighted by Crippen LogP contribution is -2.45. The number of nitro groups is 1. The molecule has 1 unspecified atom stereocenters. The number of hydrogen-bond acceptors (Lipinski definition) is 5. The van der Waals surface area contributed by atoms with Crippen molar-refractivity contribution in [2.24, 2.45) is 0 Å². The maximum absolute atomic E-state index is 10.7. The summed E-state index contributed by atoms with van der Waals surface area (Å²) in [5.74, 6) is 0.615. The average Bonchev–Trinajstić information content (AvgIpc) is 2.99. The Kier molecular flexibility index (Phi) is 4.59. The molecule has 0 spiro atoms. The molecular weight excluding hydrogens is 288 g/mol. The number of ether oxygens (including phenoxy) is 1. The van der Waals surface area contributed by atoms with Gasteiger partial charge in [-0.3, -0.25) is 15.0 Å². The third kappa shape index (κ3) is 3.06. The molecule has 0 saturated heterocycles. The van der Waals surface area contributed by atoms with E-state index in [-0.39, 0.29) is 5.69 Å². The molecule has 2 rings (SSSR count). The van der Waals surface area contributed by atoms with Crippen molar-refractivity contribution in [1.82, 2.24) is 4.90 Å². The summed E-state index contributed by atoms with van der Waals surface area (Å²) in [6.45, 7) is 2.06. The number of nitrogens with zero attached hydrogens (tertiary/aromatic N) is 2. The Morgan fingerprint density at radius 3 is 2.38 bits per heavy atom. The fourth-order valence-electron chi connectivity index (χ4n) is 2.26. The Morgan fingerprint density at radius 2 is 1.95 bits per heavy atom. The molecule has 2 aromatic rings. The molecule has 0 radical (unpaired) electrons. The minimum atomic E-state index is -0.565. The van der Waals surface area contributed by atoms with Crippen molar-refractivity contribution >= 4 is 17.0 Å². The Balaban J connectivity index is 2.33. The second kappa shape index (κ2) is 6.24. The van der Waals surface area contributed by atoms with E-state index >= 15 is 0 Å². The summed E-state index contributed by atoms with van der Waals surface area (Å²) in [5, 5.41) is 12.7. The topological polar surface area (TPSA) is 55.6 Å². The van der Waals surface area contributed by atoms with Gasteiger partial charge in [-0.2, -0.15) is 0 Å². The SMILES string of the molecule is CCC(Oc1ccc([N+](=O)[O-])cc1)(c1cccs1)N(C)C. The van der Waals surface area contributed by atoms with E-state index in [4.69, 9.17) is 4.74 Å². The molecule has 0 amide bonds. The Bertz CT molecular complexity index is 596. The van der Waals surface area contributed by atoms with Crippen molar-refractivity contribution < 1.29 is 9.66 Å². The second-order valence-electron chi connectivity index (χ2n) is 4.86. The molecule has 1 heterocycles. The zero-order valence-corrected chi connectivity index (χ0v) is 13.1. The number of thiophene rings is 1. The molecule has 6 heteroatoms. The van der Waals surface area contributed by atoms with Crippen LogP contribution in [0.15, 0.2) is 41.8 Å². The predicted octanol–water partition coefficient (Wildman–Crippen LogP) is 3.86. The van der Waals surface area contributed by atoms with Gasteiger partial charge >= 0.3 is 0 Å². The van der Waals surface area contributed by atoms with Crippen molar-refractivity contribution in [3.8, 4) is 5.75 Å². The molecule has 0 saturated carbocycles. The number of benzene rings is 1. The normalized spacial score (nSPS) is 13.9. The van der Waals surface area contributed by atoms with Gasteiger partial charge in [0.05, 0.1) is 9.80 Å². The van der Waals surface area contributed by atoms with E-state index in [1.165, 1.54) is 12.1 Å². The van der Waals surface area contributed by atoms with Crippen LogP contribution in [-0.4, -0.2) is 23.9 Å². The molecule has 21 heavy (non-hydrogen) atoms. The summed E-state index contributed by atoms with van der Waals surface area (Å²) < 4.78 is 6.21. The first-order valence-electron chi connectivity index (χ1n) is 6.64. The fraction of sp³-hybridized carbons (Fsp3) is 0.333. The quantitative estimate of drug-likeness (QED) is 0.462. The summed E-state index contributed by atoms with van der Waals surface area (Å²) in [6.07, 6.45) is 0.761. The van der Waals surface area contributed by atoms with Crippen molar-refractivity contribution in [2.75, 3.05) is 14.1 Å². The Labute approximate surface area is 127 Å². The molecule has 112 valence electrons. The lowest BCUT2D eigenvalue weighted by molar-refractivity contribution is -0.384. The maximum Gasteiger partial charge on any atom is 0.269 e. The minimum absolute atomic E-state index is 0.0606. The molecule has 5 nitrogen and oxygen atoms in total. The van der Waals surface area contributed by atoms with E-state index in [2.05, 4.69) is 6.92 Å². The highest BCUT2D eigenvalue weighted by atomic mass is 32.1. The minimum Gasteiger partial charge on any atom is -0.468 e. The molecule has 0 fully saturated rings. The van der Waals surface area contributed by atoms with E-state index in [9.17, 15) is 10.1 Å². The molecule has 0 aliphatic heterocycles. The first kappa shape index (κ1) is 15.5. The van der Waals surface area contributed by atoms with E-state index < -0.39 is 10.6 Å². The lowest BCUT2D eigenvalue weighted by atomic mass is 10.1. The van der Waals surface area contributed by atoms with Crippen LogP contribution < -0.4 is 4.74 Å². The lowest BCUT2D eigenvalue weighted by Gasteiger charge is -2.38. The van der Waals surface area contributed by atoms with Crippen LogP contribution in [0.1, 0.15) is 18.2 Å². The molecule has 1 aromatic heterocycles. The van der Waals surface area contributed by atoms with E-state index in [1.807, 2.05) is 36.5 Å². The van der Waals surface area contributed by atoms with E-state index in [0.29, 0.717) is 5.75 Å². The molecule has 0 aliphatic rings. The van der Waals surface area contributed by atoms with Gasteiger partial charge in [0.1, 0.15) is 5.75 Å². The molecule has 0 aliphatic carbocycles. The van der Waals surface area contributed by atoms with Gasteiger partial charge in [-0.05, 0) is 37.7 Å². The van der Waals surface area contributed by atoms with Gasteiger partial charge in [-0.25, -0.2) is 0 Å². The van der Waals surface area contributed by atoms with Gasteiger partial charge in [0, 0.05) is 18.6 Å². The number of nitro benzene ring substituents is 1. The number of non-ortho nitro benzene ring substituents is 1. The van der Waals surface area contributed by atoms with Crippen LogP contribution in [0.3, 0.4) is 0 Å². The third-order valence-electron chi connectivity index (χ3n) is 3.44. The van der Waals surface area contributed by atoms with Crippen LogP contribution in [0.2, 0.25) is 0 Å². The Hall–Kier alpha value is -1.92. The van der Waals surface area contributed by atoms with E-state index in [1.54, 1.807) is 23.5 Å². The standard InChI is InChI=1S/C15H18N2O3S/c1-4-15(16(2)3,14-6-5-11-21-14)20-13-9-7-12(8-10-13)17(18)19/h5-11H,4H2,1-3H3. The third-order valence-corrected chi connectivity index (χ3v) is 4.44. The first-order valence-corrected chi connectivity index (χ1v) is 7.52. The van der Waals surface area contributed by atoms with Crippen LogP contribution in [0.25, 0.3) is 0 Å². The van der Waals surface area contributed by atoms with Gasteiger partial charge in [-0.1, -0.05) is 13.0 Å². The van der Waals surface area contributed by atoms with Crippen molar-refractivity contribution in [3.63, 3.8) is 0 Å². The summed E-state index contributed by atoms with van der Waals surface area (Å²) >= 11 is 1.64. The molecule has 0 N–H and O–H groups in total. The van der Waals surface area contributed by atoms with E-state index in [0.717, 1.165) is 11.3 Å². The van der Waals surface area contributed by atoms with Crippen LogP contribution in [0.5, 0.6) is 5.75 Å². The van der Waals surface area contributed by atoms with Crippen molar-refractivity contribution in [2.45, 2.75) is 19.1 Å². The summed E-state index contributed by atoms with van der Waals surface area (Å²) in [6, 6.07) is 10.2. The summed E-state index contributed by atoms with van der Waals surface area (Å²) in [4.78, 5) is 13.4. The summed E-state index contributed by atoms with van der Waals surface area (Å²) in [7, 11) is 3.93. The van der Waals surface area contributed by atoms with Crippen molar-refractivity contribution in [1.29, 1.82) is 0 Å². The zero-order chi connectivity index (χ0) is 15.5. The van der Waals surface area contributed by atoms with Crippen LogP contribution in [0, 0.1) is 10.1 Å². The highest BCUT2D eigenvalue weighted by Crippen LogP contribution is 2.36. The average molecular weight is 306 g/mol. The van der Waals surface area contributed by atoms with Gasteiger partial charge in [0.2, 0.25) is 0 Å². The van der Waals surface area contributed by atoms with Gasteiger partial charge < -0.3 is 4.74 Å². The first-order chi connectivity index (χ1) is 9.99. The van der Waals surface area contributed by atoms with Crippen LogP contribution >= 0.6 is 11.3 Å². The number of rotatable bonds is 6. The van der Waals surface area contributed by atoms with Gasteiger partial charge in [0.25, 0.3) is 5.69 Å². The second-order valence-corrected chi connectivity index (χ2v) is 5.81. The highest BCUT2D eigenvalue weighted by Gasteiger charge is 2.36. The van der Waals surface area contributed by atoms with Crippen LogP contribution in [-0.2, 0) is 5.72 Å². The molecule has 1 atom stereocenters. The number of hydrogen-bond donors (Lipinski definition) is 0. The fourth-order valence-corrected chi connectivity index (χ4v) is 3.27.